The largest absolute Gasteiger partial charge is 0.298 e. The molecule has 1 aromatic carbocycles. The first-order chi connectivity index (χ1) is 8.83. The van der Waals surface area contributed by atoms with Gasteiger partial charge in [0.05, 0.1) is 16.0 Å². The number of hydrogen-bond acceptors (Lipinski definition) is 4. The fourth-order valence-corrected chi connectivity index (χ4v) is 4.45. The molecule has 1 heterocycles. The molecule has 18 heavy (non-hydrogen) atoms. The fourth-order valence-electron chi connectivity index (χ4n) is 2.41. The first-order valence-corrected chi connectivity index (χ1v) is 8.14. The van der Waals surface area contributed by atoms with Crippen LogP contribution in [0.1, 0.15) is 25.7 Å². The molecule has 4 heteroatoms. The van der Waals surface area contributed by atoms with Crippen LogP contribution in [0.5, 0.6) is 0 Å². The van der Waals surface area contributed by atoms with Gasteiger partial charge in [0.25, 0.3) is 0 Å². The molecule has 1 aliphatic rings. The van der Waals surface area contributed by atoms with E-state index in [9.17, 15) is 4.79 Å². The van der Waals surface area contributed by atoms with Gasteiger partial charge in [0.15, 0.2) is 4.34 Å². The molecule has 0 amide bonds. The van der Waals surface area contributed by atoms with Crippen molar-refractivity contribution in [1.82, 2.24) is 4.98 Å². The van der Waals surface area contributed by atoms with E-state index in [-0.39, 0.29) is 0 Å². The number of para-hydroxylation sites is 1. The summed E-state index contributed by atoms with van der Waals surface area (Å²) in [5, 5.41) is 0. The lowest BCUT2D eigenvalue weighted by Gasteiger charge is -2.05. The number of hydrogen-bond donors (Lipinski definition) is 0. The number of Topliss-reactive ketones (excluding diaryl/α,β-unsaturated/α-hetero) is 1. The van der Waals surface area contributed by atoms with Crippen LogP contribution in [0, 0.1) is 5.92 Å². The van der Waals surface area contributed by atoms with E-state index in [0.717, 1.165) is 22.7 Å². The third kappa shape index (κ3) is 2.59. The molecule has 1 fully saturated rings. The molecular formula is C14H15NOS2. The summed E-state index contributed by atoms with van der Waals surface area (Å²) >= 11 is 3.28. The number of nitrogens with zero attached hydrogens (tertiary/aromatic N) is 1. The molecule has 0 aliphatic heterocycles. The lowest BCUT2D eigenvalue weighted by Crippen LogP contribution is -2.12. The number of carbonyl (C=O) groups excluding carboxylic acids is 1. The number of fused-ring (bicyclic) bond motifs is 1. The Labute approximate surface area is 115 Å². The number of benzene rings is 1. The van der Waals surface area contributed by atoms with Gasteiger partial charge in [-0.2, -0.15) is 0 Å². The van der Waals surface area contributed by atoms with Crippen LogP contribution >= 0.6 is 23.1 Å². The van der Waals surface area contributed by atoms with E-state index in [1.54, 1.807) is 23.1 Å². The topological polar surface area (TPSA) is 30.0 Å². The van der Waals surface area contributed by atoms with Crippen LogP contribution in [0.25, 0.3) is 10.2 Å². The van der Waals surface area contributed by atoms with E-state index < -0.39 is 0 Å². The summed E-state index contributed by atoms with van der Waals surface area (Å²) in [5.74, 6) is 1.33. The van der Waals surface area contributed by atoms with Crippen LogP contribution in [0.15, 0.2) is 28.6 Å². The fraction of sp³-hybridized carbons (Fsp3) is 0.429. The van der Waals surface area contributed by atoms with E-state index >= 15 is 0 Å². The normalized spacial score (nSPS) is 16.4. The Balaban J connectivity index is 1.63. The third-order valence-electron chi connectivity index (χ3n) is 3.42. The van der Waals surface area contributed by atoms with Gasteiger partial charge in [-0.05, 0) is 25.0 Å². The van der Waals surface area contributed by atoms with Crippen LogP contribution in [0.3, 0.4) is 0 Å². The first-order valence-electron chi connectivity index (χ1n) is 6.34. The summed E-state index contributed by atoms with van der Waals surface area (Å²) in [7, 11) is 0. The average Bonchev–Trinajstić information content (AvgIpc) is 3.04. The summed E-state index contributed by atoms with van der Waals surface area (Å²) in [5.41, 5.74) is 1.04. The number of rotatable bonds is 4. The van der Waals surface area contributed by atoms with Crippen molar-refractivity contribution in [2.45, 2.75) is 30.0 Å². The molecular weight excluding hydrogens is 262 g/mol. The van der Waals surface area contributed by atoms with Gasteiger partial charge in [0, 0.05) is 5.92 Å². The van der Waals surface area contributed by atoms with Crippen LogP contribution in [-0.2, 0) is 4.79 Å². The molecule has 2 nitrogen and oxygen atoms in total. The van der Waals surface area contributed by atoms with Crippen LogP contribution in [0.2, 0.25) is 0 Å². The molecule has 1 aromatic heterocycles. The van der Waals surface area contributed by atoms with E-state index in [1.165, 1.54) is 17.5 Å². The van der Waals surface area contributed by atoms with Gasteiger partial charge < -0.3 is 0 Å². The zero-order valence-corrected chi connectivity index (χ0v) is 11.7. The highest BCUT2D eigenvalue weighted by Crippen LogP contribution is 2.31. The second kappa shape index (κ2) is 5.41. The summed E-state index contributed by atoms with van der Waals surface area (Å²) in [6.07, 6.45) is 4.64. The highest BCUT2D eigenvalue weighted by atomic mass is 32.2. The van der Waals surface area contributed by atoms with Gasteiger partial charge in [-0.3, -0.25) is 4.79 Å². The molecule has 0 unspecified atom stereocenters. The van der Waals surface area contributed by atoms with Crippen molar-refractivity contribution in [3.63, 3.8) is 0 Å². The Morgan fingerprint density at radius 1 is 1.33 bits per heavy atom. The smallest absolute Gasteiger partial charge is 0.151 e. The minimum absolute atomic E-state index is 0.326. The number of carbonyl (C=O) groups is 1. The van der Waals surface area contributed by atoms with Gasteiger partial charge in [0.1, 0.15) is 5.78 Å². The Morgan fingerprint density at radius 2 is 2.11 bits per heavy atom. The third-order valence-corrected chi connectivity index (χ3v) is 5.62. The summed E-state index contributed by atoms with van der Waals surface area (Å²) < 4.78 is 2.22. The molecule has 3 rings (SSSR count). The zero-order chi connectivity index (χ0) is 12.4. The predicted molar refractivity (Wildman–Crippen MR) is 77.3 cm³/mol. The quantitative estimate of drug-likeness (QED) is 0.786. The van der Waals surface area contributed by atoms with Crippen molar-refractivity contribution in [3.05, 3.63) is 24.3 Å². The van der Waals surface area contributed by atoms with Gasteiger partial charge in [0.2, 0.25) is 0 Å². The van der Waals surface area contributed by atoms with Gasteiger partial charge in [-0.1, -0.05) is 36.7 Å². The molecule has 0 atom stereocenters. The molecule has 0 N–H and O–H groups in total. The Morgan fingerprint density at radius 3 is 2.89 bits per heavy atom. The molecule has 1 saturated carbocycles. The Hall–Kier alpha value is -0.870. The monoisotopic (exact) mass is 277 g/mol. The first kappa shape index (κ1) is 12.2. The van der Waals surface area contributed by atoms with Crippen molar-refractivity contribution in [3.8, 4) is 0 Å². The van der Waals surface area contributed by atoms with Gasteiger partial charge in [-0.15, -0.1) is 11.3 Å². The minimum Gasteiger partial charge on any atom is -0.298 e. The maximum Gasteiger partial charge on any atom is 0.151 e. The van der Waals surface area contributed by atoms with Crippen molar-refractivity contribution >= 4 is 39.1 Å². The number of thioether (sulfide) groups is 1. The minimum atomic E-state index is 0.326. The van der Waals surface area contributed by atoms with Crippen molar-refractivity contribution in [1.29, 1.82) is 0 Å². The molecule has 0 saturated heterocycles. The second-order valence-corrected chi connectivity index (χ2v) is 6.94. The lowest BCUT2D eigenvalue weighted by atomic mass is 10.0. The van der Waals surface area contributed by atoms with Crippen molar-refractivity contribution in [2.24, 2.45) is 5.92 Å². The Kier molecular flexibility index (Phi) is 3.66. The van der Waals surface area contributed by atoms with Gasteiger partial charge in [-0.25, -0.2) is 4.98 Å². The maximum absolute atomic E-state index is 12.0. The van der Waals surface area contributed by atoms with Crippen LogP contribution in [-0.4, -0.2) is 16.5 Å². The Bertz CT molecular complexity index is 525. The summed E-state index contributed by atoms with van der Waals surface area (Å²) in [4.78, 5) is 16.5. The maximum atomic E-state index is 12.0. The molecule has 1 aliphatic carbocycles. The molecule has 0 spiro atoms. The van der Waals surface area contributed by atoms with E-state index in [2.05, 4.69) is 11.1 Å². The standard InChI is InChI=1S/C14H15NOS2/c16-12(10-5-1-2-6-10)9-17-14-15-11-7-3-4-8-13(11)18-14/h3-4,7-8,10H,1-2,5-6,9H2. The van der Waals surface area contributed by atoms with E-state index in [4.69, 9.17) is 0 Å². The molecule has 0 bridgehead atoms. The van der Waals surface area contributed by atoms with E-state index in [0.29, 0.717) is 17.5 Å². The van der Waals surface area contributed by atoms with Crippen molar-refractivity contribution < 1.29 is 4.79 Å². The van der Waals surface area contributed by atoms with E-state index in [1.807, 2.05) is 18.2 Å². The number of thiazole rings is 1. The zero-order valence-electron chi connectivity index (χ0n) is 10.1. The van der Waals surface area contributed by atoms with Crippen molar-refractivity contribution in [2.75, 3.05) is 5.75 Å². The number of ketones is 1. The lowest BCUT2D eigenvalue weighted by molar-refractivity contribution is -0.120. The molecule has 94 valence electrons. The molecule has 0 radical (unpaired) electrons. The van der Waals surface area contributed by atoms with Crippen LogP contribution < -0.4 is 0 Å². The highest BCUT2D eigenvalue weighted by molar-refractivity contribution is 8.01. The predicted octanol–water partition coefficient (Wildman–Crippen LogP) is 4.15. The average molecular weight is 277 g/mol. The van der Waals surface area contributed by atoms with Gasteiger partial charge >= 0.3 is 0 Å². The second-order valence-electron chi connectivity index (χ2n) is 4.68. The summed E-state index contributed by atoms with van der Waals surface area (Å²) in [6.45, 7) is 0. The van der Waals surface area contributed by atoms with Crippen LogP contribution in [0.4, 0.5) is 0 Å². The number of aromatic nitrogens is 1. The summed E-state index contributed by atoms with van der Waals surface area (Å²) in [6, 6.07) is 8.13. The SMILES string of the molecule is O=C(CSc1nc2ccccc2s1)C1CCCC1. The molecule has 2 aromatic rings. The highest BCUT2D eigenvalue weighted by Gasteiger charge is 2.22.